The highest BCUT2D eigenvalue weighted by Gasteiger charge is 2.32. The summed E-state index contributed by atoms with van der Waals surface area (Å²) < 4.78 is 5.35. The van der Waals surface area contributed by atoms with Crippen molar-refractivity contribution < 1.29 is 9.53 Å². The van der Waals surface area contributed by atoms with E-state index in [0.717, 1.165) is 16.7 Å². The quantitative estimate of drug-likeness (QED) is 0.857. The van der Waals surface area contributed by atoms with Gasteiger partial charge in [-0.15, -0.1) is 0 Å². The molecule has 2 N–H and O–H groups in total. The third-order valence-electron chi connectivity index (χ3n) is 5.05. The predicted octanol–water partition coefficient (Wildman–Crippen LogP) is 1.70. The van der Waals surface area contributed by atoms with Gasteiger partial charge in [-0.3, -0.25) is 14.6 Å². The molecular formula is C19H22N4O3. The number of carbonyl (C=O) groups excluding carboxylic acids is 1. The Balaban J connectivity index is 1.80. The molecule has 2 aromatic rings. The second-order valence-electron chi connectivity index (χ2n) is 6.92. The maximum atomic E-state index is 12.9. The van der Waals surface area contributed by atoms with Gasteiger partial charge in [0.05, 0.1) is 18.8 Å². The summed E-state index contributed by atoms with van der Waals surface area (Å²) in [6, 6.07) is 6.09. The number of amides is 1. The Morgan fingerprint density at radius 1 is 1.19 bits per heavy atom. The molecule has 1 amide bonds. The molecule has 0 spiro atoms. The molecule has 1 atom stereocenters. The van der Waals surface area contributed by atoms with Crippen molar-refractivity contribution in [2.75, 3.05) is 36.5 Å². The molecule has 0 aliphatic carbocycles. The highest BCUT2D eigenvalue weighted by molar-refractivity contribution is 5.94. The van der Waals surface area contributed by atoms with Gasteiger partial charge in [-0.1, -0.05) is 23.8 Å². The van der Waals surface area contributed by atoms with Crippen LogP contribution in [0.25, 0.3) is 0 Å². The molecular weight excluding hydrogens is 332 g/mol. The van der Waals surface area contributed by atoms with Gasteiger partial charge in [0.2, 0.25) is 11.9 Å². The van der Waals surface area contributed by atoms with E-state index in [0.29, 0.717) is 43.6 Å². The van der Waals surface area contributed by atoms with Crippen LogP contribution in [0.3, 0.4) is 0 Å². The zero-order chi connectivity index (χ0) is 18.3. The Hall–Kier alpha value is -2.67. The highest BCUT2D eigenvalue weighted by atomic mass is 16.5. The zero-order valence-corrected chi connectivity index (χ0v) is 15.0. The lowest BCUT2D eigenvalue weighted by Gasteiger charge is -2.30. The first-order valence-corrected chi connectivity index (χ1v) is 8.87. The number of benzene rings is 1. The van der Waals surface area contributed by atoms with Gasteiger partial charge < -0.3 is 15.0 Å². The van der Waals surface area contributed by atoms with Gasteiger partial charge >= 0.3 is 0 Å². The maximum absolute atomic E-state index is 12.9. The summed E-state index contributed by atoms with van der Waals surface area (Å²) in [5.41, 5.74) is 3.57. The molecule has 2 aliphatic rings. The van der Waals surface area contributed by atoms with Crippen molar-refractivity contribution in [1.82, 2.24) is 9.97 Å². The van der Waals surface area contributed by atoms with Crippen LogP contribution < -0.4 is 15.8 Å². The minimum absolute atomic E-state index is 0.117. The Kier molecular flexibility index (Phi) is 4.24. The van der Waals surface area contributed by atoms with E-state index in [1.807, 2.05) is 30.9 Å². The van der Waals surface area contributed by atoms with Crippen LogP contribution >= 0.6 is 0 Å². The SMILES string of the molecule is Cc1ccc([C@H]2CC(=O)Nc3nc(N4CCOCC4)[nH]c(=O)c32)c(C)c1. The number of H-pyrrole nitrogens is 1. The largest absolute Gasteiger partial charge is 0.378 e. The van der Waals surface area contributed by atoms with Gasteiger partial charge in [-0.05, 0) is 25.0 Å². The van der Waals surface area contributed by atoms with Crippen molar-refractivity contribution in [2.45, 2.75) is 26.2 Å². The molecule has 1 aromatic carbocycles. The number of nitrogens with zero attached hydrogens (tertiary/aromatic N) is 2. The van der Waals surface area contributed by atoms with Crippen molar-refractivity contribution in [3.8, 4) is 0 Å². The minimum atomic E-state index is -0.283. The molecule has 1 aromatic heterocycles. The number of nitrogens with one attached hydrogen (secondary N) is 2. The minimum Gasteiger partial charge on any atom is -0.378 e. The third kappa shape index (κ3) is 2.99. The Bertz CT molecular complexity index is 915. The fourth-order valence-corrected chi connectivity index (χ4v) is 3.77. The third-order valence-corrected chi connectivity index (χ3v) is 5.05. The van der Waals surface area contributed by atoms with Gasteiger partial charge in [0.15, 0.2) is 0 Å². The first kappa shape index (κ1) is 16.8. The standard InChI is InChI=1S/C19H22N4O3/c1-11-3-4-13(12(2)9-11)14-10-15(24)20-17-16(14)18(25)22-19(21-17)23-5-7-26-8-6-23/h3-4,9,14H,5-8,10H2,1-2H3,(H2,20,21,22,24,25)/t14-/m1/s1. The average molecular weight is 354 g/mol. The fraction of sp³-hybridized carbons (Fsp3) is 0.421. The number of hydrogen-bond donors (Lipinski definition) is 2. The molecule has 1 saturated heterocycles. The number of aromatic nitrogens is 2. The van der Waals surface area contributed by atoms with Crippen LogP contribution in [-0.2, 0) is 9.53 Å². The molecule has 26 heavy (non-hydrogen) atoms. The smallest absolute Gasteiger partial charge is 0.258 e. The average Bonchev–Trinajstić information content (AvgIpc) is 2.61. The molecule has 0 radical (unpaired) electrons. The Morgan fingerprint density at radius 2 is 1.96 bits per heavy atom. The molecule has 7 nitrogen and oxygen atoms in total. The van der Waals surface area contributed by atoms with E-state index in [1.54, 1.807) is 0 Å². The van der Waals surface area contributed by atoms with E-state index in [9.17, 15) is 9.59 Å². The van der Waals surface area contributed by atoms with Gasteiger partial charge in [0, 0.05) is 25.4 Å². The number of morpholine rings is 1. The van der Waals surface area contributed by atoms with E-state index < -0.39 is 0 Å². The summed E-state index contributed by atoms with van der Waals surface area (Å²) in [4.78, 5) is 34.6. The second-order valence-corrected chi connectivity index (χ2v) is 6.92. The zero-order valence-electron chi connectivity index (χ0n) is 15.0. The number of carbonyl (C=O) groups is 1. The molecule has 0 unspecified atom stereocenters. The van der Waals surface area contributed by atoms with Crippen LogP contribution in [0.2, 0.25) is 0 Å². The van der Waals surface area contributed by atoms with Crippen LogP contribution in [0.1, 0.15) is 34.6 Å². The number of anilines is 2. The maximum Gasteiger partial charge on any atom is 0.258 e. The Morgan fingerprint density at radius 3 is 2.69 bits per heavy atom. The summed E-state index contributed by atoms with van der Waals surface area (Å²) in [7, 11) is 0. The van der Waals surface area contributed by atoms with Crippen LogP contribution in [0.5, 0.6) is 0 Å². The van der Waals surface area contributed by atoms with Crippen LogP contribution in [0, 0.1) is 13.8 Å². The number of hydrogen-bond acceptors (Lipinski definition) is 5. The number of fused-ring (bicyclic) bond motifs is 1. The van der Waals surface area contributed by atoms with E-state index in [2.05, 4.69) is 21.4 Å². The fourth-order valence-electron chi connectivity index (χ4n) is 3.77. The molecule has 1 fully saturated rings. The monoisotopic (exact) mass is 354 g/mol. The van der Waals surface area contributed by atoms with Crippen molar-refractivity contribution in [1.29, 1.82) is 0 Å². The van der Waals surface area contributed by atoms with Crippen LogP contribution in [0.4, 0.5) is 11.8 Å². The molecule has 3 heterocycles. The molecule has 2 aliphatic heterocycles. The molecule has 0 saturated carbocycles. The van der Waals surface area contributed by atoms with Crippen molar-refractivity contribution in [3.05, 3.63) is 50.8 Å². The van der Waals surface area contributed by atoms with Gasteiger partial charge in [-0.2, -0.15) is 4.98 Å². The highest BCUT2D eigenvalue weighted by Crippen LogP contribution is 2.36. The van der Waals surface area contributed by atoms with Crippen molar-refractivity contribution >= 4 is 17.7 Å². The molecule has 4 rings (SSSR count). The number of aryl methyl sites for hydroxylation is 2. The van der Waals surface area contributed by atoms with Crippen LogP contribution in [-0.4, -0.2) is 42.2 Å². The van der Waals surface area contributed by atoms with Crippen molar-refractivity contribution in [2.24, 2.45) is 0 Å². The van der Waals surface area contributed by atoms with E-state index in [4.69, 9.17) is 4.74 Å². The summed E-state index contributed by atoms with van der Waals surface area (Å²) in [6.45, 7) is 6.56. The van der Waals surface area contributed by atoms with E-state index >= 15 is 0 Å². The topological polar surface area (TPSA) is 87.3 Å². The number of aromatic amines is 1. The lowest BCUT2D eigenvalue weighted by molar-refractivity contribution is -0.116. The van der Waals surface area contributed by atoms with Crippen molar-refractivity contribution in [3.63, 3.8) is 0 Å². The summed E-state index contributed by atoms with van der Waals surface area (Å²) in [6.07, 6.45) is 0.249. The predicted molar refractivity (Wildman–Crippen MR) is 98.9 cm³/mol. The first-order valence-electron chi connectivity index (χ1n) is 8.87. The van der Waals surface area contributed by atoms with Crippen LogP contribution in [0.15, 0.2) is 23.0 Å². The van der Waals surface area contributed by atoms with Gasteiger partial charge in [0.1, 0.15) is 5.82 Å². The number of rotatable bonds is 2. The molecule has 7 heteroatoms. The number of ether oxygens (including phenoxy) is 1. The Labute approximate surface area is 151 Å². The van der Waals surface area contributed by atoms with Gasteiger partial charge in [0.25, 0.3) is 5.56 Å². The molecule has 0 bridgehead atoms. The lowest BCUT2D eigenvalue weighted by Crippen LogP contribution is -2.40. The first-order chi connectivity index (χ1) is 12.5. The summed E-state index contributed by atoms with van der Waals surface area (Å²) in [5, 5.41) is 2.78. The van der Waals surface area contributed by atoms with E-state index in [1.165, 1.54) is 0 Å². The van der Waals surface area contributed by atoms with Gasteiger partial charge in [-0.25, -0.2) is 0 Å². The second kappa shape index (κ2) is 6.57. The normalized spacial score (nSPS) is 19.8. The summed E-state index contributed by atoms with van der Waals surface area (Å²) in [5.74, 6) is 0.456. The van der Waals surface area contributed by atoms with E-state index in [-0.39, 0.29) is 23.8 Å². The molecule has 136 valence electrons. The summed E-state index contributed by atoms with van der Waals surface area (Å²) >= 11 is 0. The lowest BCUT2D eigenvalue weighted by atomic mass is 9.84.